The zero-order valence-electron chi connectivity index (χ0n) is 20.9. The smallest absolute Gasteiger partial charge is 0.550 e. The Morgan fingerprint density at radius 2 is 0.613 bits per heavy atom. The quantitative estimate of drug-likeness (QED) is 0.123. The van der Waals surface area contributed by atoms with Gasteiger partial charge in [0.1, 0.15) is 0 Å². The van der Waals surface area contributed by atoms with E-state index in [9.17, 15) is 19.8 Å². The number of carbonyl (C=O) groups excluding carboxylic acids is 2. The molecule has 0 atom stereocenters. The zero-order chi connectivity index (χ0) is 22.7. The van der Waals surface area contributed by atoms with Crippen molar-refractivity contribution in [2.24, 2.45) is 0 Å². The minimum atomic E-state index is -0.908. The summed E-state index contributed by atoms with van der Waals surface area (Å²) in [5.41, 5.74) is 0. The molecule has 0 aromatic carbocycles. The van der Waals surface area contributed by atoms with Crippen LogP contribution in [-0.2, 0) is 36.9 Å². The molecule has 0 fully saturated rings. The van der Waals surface area contributed by atoms with Gasteiger partial charge in [-0.2, -0.15) is 0 Å². The van der Waals surface area contributed by atoms with Gasteiger partial charge in [0.2, 0.25) is 0 Å². The zero-order valence-corrected chi connectivity index (χ0v) is 24.9. The Balaban J connectivity index is -0.000000490. The Morgan fingerprint density at radius 1 is 0.419 bits per heavy atom. The molecule has 0 saturated heterocycles. The van der Waals surface area contributed by atoms with E-state index in [1.807, 2.05) is 0 Å². The third kappa shape index (κ3) is 40.7. The number of hydrogen-bond acceptors (Lipinski definition) is 4. The number of carboxylic acid groups (broad SMARTS) is 2. The predicted octanol–water partition coefficient (Wildman–Crippen LogP) is 6.09. The van der Waals surface area contributed by atoms with Crippen LogP contribution in [0.3, 0.4) is 0 Å². The summed E-state index contributed by atoms with van der Waals surface area (Å²) in [6.07, 6.45) is 25.2. The topological polar surface area (TPSA) is 80.3 Å². The van der Waals surface area contributed by atoms with Gasteiger partial charge in [-0.05, 0) is 25.7 Å². The van der Waals surface area contributed by atoms with E-state index in [1.54, 1.807) is 0 Å². The van der Waals surface area contributed by atoms with Crippen molar-refractivity contribution >= 4 is 11.9 Å². The molecule has 0 aliphatic carbocycles. The van der Waals surface area contributed by atoms with Crippen LogP contribution < -0.4 is 10.2 Å². The van der Waals surface area contributed by atoms with Crippen LogP contribution >= 0.6 is 0 Å². The molecule has 0 bridgehead atoms. The second kappa shape index (κ2) is 32.0. The molecule has 0 aliphatic rings. The molecule has 0 unspecified atom stereocenters. The SMILES string of the molecule is CCCCCCCCCCCCC(=O)[O-].CCCCCCCCCCCCC(=O)[O-].[Cd+2]. The summed E-state index contributed by atoms with van der Waals surface area (Å²) < 4.78 is 0. The van der Waals surface area contributed by atoms with E-state index in [2.05, 4.69) is 13.8 Å². The Labute approximate surface area is 213 Å². The van der Waals surface area contributed by atoms with Gasteiger partial charge >= 0.3 is 27.3 Å². The first kappa shape index (κ1) is 35.5. The second-order valence-corrected chi connectivity index (χ2v) is 8.61. The van der Waals surface area contributed by atoms with E-state index in [-0.39, 0.29) is 40.1 Å². The summed E-state index contributed by atoms with van der Waals surface area (Å²) in [5.74, 6) is -1.82. The molecule has 0 spiro atoms. The Kier molecular flexibility index (Phi) is 36.6. The van der Waals surface area contributed by atoms with Crippen LogP contribution in [0.2, 0.25) is 0 Å². The molecule has 0 aliphatic heterocycles. The molecule has 0 rings (SSSR count). The van der Waals surface area contributed by atoms with E-state index in [1.165, 1.54) is 103 Å². The molecule has 180 valence electrons. The maximum atomic E-state index is 10.1. The van der Waals surface area contributed by atoms with Crippen LogP contribution in [-0.4, -0.2) is 11.9 Å². The minimum Gasteiger partial charge on any atom is -0.550 e. The van der Waals surface area contributed by atoms with Crippen molar-refractivity contribution in [3.05, 3.63) is 0 Å². The molecule has 0 amide bonds. The van der Waals surface area contributed by atoms with Crippen molar-refractivity contribution in [3.63, 3.8) is 0 Å². The molecular formula is C26H50CdO4. The standard InChI is InChI=1S/2C13H26O2.Cd/c2*1-2-3-4-5-6-7-8-9-10-11-12-13(14)15;/h2*2-12H2,1H3,(H,14,15);/q;;+2/p-2. The first-order chi connectivity index (χ1) is 14.5. The summed E-state index contributed by atoms with van der Waals surface area (Å²) >= 11 is 0. The van der Waals surface area contributed by atoms with Crippen LogP contribution in [0.5, 0.6) is 0 Å². The number of aliphatic carboxylic acids is 2. The summed E-state index contributed by atoms with van der Waals surface area (Å²) in [6.45, 7) is 4.47. The first-order valence-electron chi connectivity index (χ1n) is 12.9. The molecule has 0 aromatic heterocycles. The minimum absolute atomic E-state index is 0. The maximum absolute atomic E-state index is 10.1. The van der Waals surface area contributed by atoms with Crippen LogP contribution in [0.15, 0.2) is 0 Å². The average Bonchev–Trinajstić information content (AvgIpc) is 2.71. The summed E-state index contributed by atoms with van der Waals surface area (Å²) in [5, 5.41) is 20.2. The van der Waals surface area contributed by atoms with Gasteiger partial charge in [0, 0.05) is 11.9 Å². The fraction of sp³-hybridized carbons (Fsp3) is 0.923. The van der Waals surface area contributed by atoms with E-state index in [4.69, 9.17) is 0 Å². The van der Waals surface area contributed by atoms with Crippen molar-refractivity contribution in [3.8, 4) is 0 Å². The van der Waals surface area contributed by atoms with Gasteiger partial charge in [-0.1, -0.05) is 129 Å². The van der Waals surface area contributed by atoms with Crippen LogP contribution in [0.4, 0.5) is 0 Å². The molecule has 0 saturated carbocycles. The van der Waals surface area contributed by atoms with Gasteiger partial charge < -0.3 is 19.8 Å². The number of carbonyl (C=O) groups is 2. The number of carboxylic acids is 2. The van der Waals surface area contributed by atoms with Crippen LogP contribution in [0, 0.1) is 0 Å². The van der Waals surface area contributed by atoms with Gasteiger partial charge in [-0.25, -0.2) is 0 Å². The summed E-state index contributed by atoms with van der Waals surface area (Å²) in [6, 6.07) is 0. The largest absolute Gasteiger partial charge is 2.00 e. The van der Waals surface area contributed by atoms with Crippen molar-refractivity contribution in [2.75, 3.05) is 0 Å². The summed E-state index contributed by atoms with van der Waals surface area (Å²) in [7, 11) is 0. The molecular weight excluding hydrogens is 489 g/mol. The molecule has 5 heteroatoms. The van der Waals surface area contributed by atoms with Crippen molar-refractivity contribution in [1.82, 2.24) is 0 Å². The molecule has 0 radical (unpaired) electrons. The fourth-order valence-corrected chi connectivity index (χ4v) is 3.51. The van der Waals surface area contributed by atoms with E-state index in [0.29, 0.717) is 0 Å². The van der Waals surface area contributed by atoms with Gasteiger partial charge in [0.05, 0.1) is 0 Å². The maximum Gasteiger partial charge on any atom is 2.00 e. The number of unbranched alkanes of at least 4 members (excludes halogenated alkanes) is 18. The molecule has 31 heavy (non-hydrogen) atoms. The van der Waals surface area contributed by atoms with Crippen LogP contribution in [0.1, 0.15) is 155 Å². The predicted molar refractivity (Wildman–Crippen MR) is 123 cm³/mol. The Bertz CT molecular complexity index is 327. The molecule has 4 nitrogen and oxygen atoms in total. The first-order valence-corrected chi connectivity index (χ1v) is 12.9. The number of hydrogen-bond donors (Lipinski definition) is 0. The number of rotatable bonds is 22. The van der Waals surface area contributed by atoms with Crippen LogP contribution in [0.25, 0.3) is 0 Å². The third-order valence-corrected chi connectivity index (χ3v) is 5.47. The monoisotopic (exact) mass is 540 g/mol. The third-order valence-electron chi connectivity index (χ3n) is 5.47. The Hall–Kier alpha value is -0.138. The van der Waals surface area contributed by atoms with Gasteiger partial charge in [-0.3, -0.25) is 0 Å². The second-order valence-electron chi connectivity index (χ2n) is 8.61. The van der Waals surface area contributed by atoms with Gasteiger partial charge in [-0.15, -0.1) is 0 Å². The average molecular weight is 539 g/mol. The summed E-state index contributed by atoms with van der Waals surface area (Å²) in [4.78, 5) is 20.2. The van der Waals surface area contributed by atoms with E-state index < -0.39 is 11.9 Å². The molecule has 0 N–H and O–H groups in total. The van der Waals surface area contributed by atoms with E-state index in [0.717, 1.165) is 25.7 Å². The van der Waals surface area contributed by atoms with Crippen molar-refractivity contribution < 1.29 is 47.1 Å². The molecule has 0 aromatic rings. The molecule has 0 heterocycles. The fourth-order valence-electron chi connectivity index (χ4n) is 3.51. The van der Waals surface area contributed by atoms with Crippen molar-refractivity contribution in [2.45, 2.75) is 155 Å². The van der Waals surface area contributed by atoms with Gasteiger partial charge in [0.25, 0.3) is 0 Å². The van der Waals surface area contributed by atoms with Crippen molar-refractivity contribution in [1.29, 1.82) is 0 Å². The Morgan fingerprint density at radius 3 is 0.806 bits per heavy atom. The van der Waals surface area contributed by atoms with Gasteiger partial charge in [0.15, 0.2) is 0 Å². The van der Waals surface area contributed by atoms with E-state index >= 15 is 0 Å². The normalized spacial score (nSPS) is 10.1.